The van der Waals surface area contributed by atoms with Crippen molar-refractivity contribution in [2.45, 2.75) is 0 Å². The molecule has 114 valence electrons. The largest absolute Gasteiger partial charge is 0.508 e. The van der Waals surface area contributed by atoms with E-state index in [0.29, 0.717) is 18.7 Å². The Morgan fingerprint density at radius 1 is 1.23 bits per heavy atom. The molecule has 1 aromatic carbocycles. The number of esters is 1. The Morgan fingerprint density at radius 3 is 2.82 bits per heavy atom. The predicted molar refractivity (Wildman–Crippen MR) is 85.4 cm³/mol. The number of benzene rings is 1. The lowest BCUT2D eigenvalue weighted by Crippen LogP contribution is -2.20. The van der Waals surface area contributed by atoms with Gasteiger partial charge in [-0.2, -0.15) is 0 Å². The van der Waals surface area contributed by atoms with Crippen LogP contribution in [0.5, 0.6) is 5.75 Å². The van der Waals surface area contributed by atoms with Crippen LogP contribution in [0.4, 0.5) is 0 Å². The zero-order chi connectivity index (χ0) is 15.7. The minimum absolute atomic E-state index is 0.170. The van der Waals surface area contributed by atoms with Crippen molar-refractivity contribution >= 4 is 22.4 Å². The smallest absolute Gasteiger partial charge is 0.341 e. The second-order valence-electron chi connectivity index (χ2n) is 5.47. The maximum absolute atomic E-state index is 12.5. The highest BCUT2D eigenvalue weighted by Gasteiger charge is 2.19. The van der Waals surface area contributed by atoms with Crippen LogP contribution in [-0.4, -0.2) is 47.6 Å². The standard InChI is InChI=1S/C17H18N2O3/c1-18(2)9-10-22-17(21)16-13-7-6-12(20)11-15(13)19-8-4-3-5-14(16)19/h3-8,11,20H,9-10H2,1-2H3. The number of carbonyl (C=O) groups is 1. The van der Waals surface area contributed by atoms with Gasteiger partial charge in [0.15, 0.2) is 0 Å². The van der Waals surface area contributed by atoms with Gasteiger partial charge in [-0.15, -0.1) is 0 Å². The molecule has 3 aromatic rings. The van der Waals surface area contributed by atoms with Crippen LogP contribution in [0.1, 0.15) is 10.4 Å². The fourth-order valence-electron chi connectivity index (χ4n) is 2.53. The normalized spacial score (nSPS) is 11.4. The summed E-state index contributed by atoms with van der Waals surface area (Å²) in [6.07, 6.45) is 1.87. The first kappa shape index (κ1) is 14.4. The lowest BCUT2D eigenvalue weighted by Gasteiger charge is -2.09. The van der Waals surface area contributed by atoms with Gasteiger partial charge in [0.05, 0.1) is 16.6 Å². The van der Waals surface area contributed by atoms with Gasteiger partial charge in [-0.1, -0.05) is 6.07 Å². The lowest BCUT2D eigenvalue weighted by atomic mass is 10.1. The summed E-state index contributed by atoms with van der Waals surface area (Å²) in [5, 5.41) is 10.5. The third-order valence-corrected chi connectivity index (χ3v) is 3.60. The summed E-state index contributed by atoms with van der Waals surface area (Å²) < 4.78 is 7.27. The Morgan fingerprint density at radius 2 is 2.05 bits per heavy atom. The molecular weight excluding hydrogens is 280 g/mol. The van der Waals surface area contributed by atoms with E-state index in [1.807, 2.05) is 47.8 Å². The van der Waals surface area contributed by atoms with Crippen molar-refractivity contribution in [3.63, 3.8) is 0 Å². The molecule has 0 amide bonds. The molecule has 0 aliphatic rings. The summed E-state index contributed by atoms with van der Waals surface area (Å²) in [5.74, 6) is -0.172. The average Bonchev–Trinajstić information content (AvgIpc) is 2.80. The van der Waals surface area contributed by atoms with Crippen LogP contribution in [0.25, 0.3) is 16.4 Å². The van der Waals surface area contributed by atoms with Gasteiger partial charge in [-0.3, -0.25) is 0 Å². The summed E-state index contributed by atoms with van der Waals surface area (Å²) in [5.41, 5.74) is 2.10. The van der Waals surface area contributed by atoms with E-state index in [-0.39, 0.29) is 11.7 Å². The molecule has 0 saturated heterocycles. The van der Waals surface area contributed by atoms with Crippen molar-refractivity contribution in [1.82, 2.24) is 9.30 Å². The van der Waals surface area contributed by atoms with Gasteiger partial charge in [0.2, 0.25) is 0 Å². The van der Waals surface area contributed by atoms with E-state index in [0.717, 1.165) is 16.4 Å². The van der Waals surface area contributed by atoms with E-state index in [9.17, 15) is 9.90 Å². The van der Waals surface area contributed by atoms with Gasteiger partial charge in [-0.25, -0.2) is 4.79 Å². The summed E-state index contributed by atoms with van der Waals surface area (Å²) >= 11 is 0. The summed E-state index contributed by atoms with van der Waals surface area (Å²) in [7, 11) is 3.86. The zero-order valence-electron chi connectivity index (χ0n) is 12.6. The quantitative estimate of drug-likeness (QED) is 0.752. The van der Waals surface area contributed by atoms with Crippen LogP contribution in [0.3, 0.4) is 0 Å². The van der Waals surface area contributed by atoms with E-state index in [1.54, 1.807) is 18.2 Å². The maximum atomic E-state index is 12.5. The number of rotatable bonds is 4. The number of ether oxygens (including phenoxy) is 1. The minimum Gasteiger partial charge on any atom is -0.508 e. The Bertz CT molecular complexity index is 836. The van der Waals surface area contributed by atoms with E-state index in [4.69, 9.17) is 4.74 Å². The van der Waals surface area contributed by atoms with Crippen LogP contribution in [0, 0.1) is 0 Å². The van der Waals surface area contributed by atoms with Crippen LogP contribution < -0.4 is 0 Å². The highest BCUT2D eigenvalue weighted by Crippen LogP contribution is 2.29. The number of aromatic nitrogens is 1. The fraction of sp³-hybridized carbons (Fsp3) is 0.235. The van der Waals surface area contributed by atoms with Gasteiger partial charge < -0.3 is 19.1 Å². The first-order chi connectivity index (χ1) is 10.6. The Labute approximate surface area is 128 Å². The van der Waals surface area contributed by atoms with E-state index in [2.05, 4.69) is 0 Å². The topological polar surface area (TPSA) is 54.2 Å². The molecule has 0 aliphatic carbocycles. The predicted octanol–water partition coefficient (Wildman–Crippen LogP) is 2.52. The number of hydrogen-bond acceptors (Lipinski definition) is 4. The van der Waals surface area contributed by atoms with Crippen LogP contribution in [0.2, 0.25) is 0 Å². The van der Waals surface area contributed by atoms with Gasteiger partial charge in [0.25, 0.3) is 0 Å². The summed E-state index contributed by atoms with van der Waals surface area (Å²) in [6.45, 7) is 1.02. The molecule has 0 saturated carbocycles. The van der Waals surface area contributed by atoms with E-state index in [1.165, 1.54) is 0 Å². The van der Waals surface area contributed by atoms with Gasteiger partial charge >= 0.3 is 5.97 Å². The number of fused-ring (bicyclic) bond motifs is 3. The highest BCUT2D eigenvalue weighted by molar-refractivity contribution is 6.11. The molecule has 0 atom stereocenters. The number of pyridine rings is 1. The molecule has 2 aromatic heterocycles. The van der Waals surface area contributed by atoms with E-state index < -0.39 is 0 Å². The molecule has 0 bridgehead atoms. The summed E-state index contributed by atoms with van der Waals surface area (Å²) in [6, 6.07) is 10.6. The molecule has 0 spiro atoms. The zero-order valence-corrected chi connectivity index (χ0v) is 12.6. The first-order valence-electron chi connectivity index (χ1n) is 7.11. The minimum atomic E-state index is -0.341. The molecule has 5 heteroatoms. The Kier molecular flexibility index (Phi) is 3.73. The van der Waals surface area contributed by atoms with Crippen molar-refractivity contribution < 1.29 is 14.6 Å². The van der Waals surface area contributed by atoms with Crippen molar-refractivity contribution in [2.24, 2.45) is 0 Å². The second-order valence-corrected chi connectivity index (χ2v) is 5.47. The molecule has 2 heterocycles. The van der Waals surface area contributed by atoms with Crippen molar-refractivity contribution in [1.29, 1.82) is 0 Å². The van der Waals surface area contributed by atoms with Gasteiger partial charge in [-0.05, 0) is 38.4 Å². The van der Waals surface area contributed by atoms with Gasteiger partial charge in [0, 0.05) is 24.2 Å². The number of phenolic OH excluding ortho intramolecular Hbond substituents is 1. The SMILES string of the molecule is CN(C)CCOC(=O)c1c2ccc(O)cc2n2ccccc12. The molecule has 0 radical (unpaired) electrons. The number of hydrogen-bond donors (Lipinski definition) is 1. The molecule has 1 N–H and O–H groups in total. The molecule has 0 fully saturated rings. The molecule has 3 rings (SSSR count). The maximum Gasteiger partial charge on any atom is 0.341 e. The van der Waals surface area contributed by atoms with Crippen LogP contribution in [0.15, 0.2) is 42.6 Å². The number of aromatic hydroxyl groups is 1. The number of phenols is 1. The third-order valence-electron chi connectivity index (χ3n) is 3.60. The fourth-order valence-corrected chi connectivity index (χ4v) is 2.53. The highest BCUT2D eigenvalue weighted by atomic mass is 16.5. The molecule has 22 heavy (non-hydrogen) atoms. The number of carbonyl (C=O) groups excluding carboxylic acids is 1. The molecular formula is C17H18N2O3. The van der Waals surface area contributed by atoms with Crippen LogP contribution in [-0.2, 0) is 4.74 Å². The van der Waals surface area contributed by atoms with Crippen molar-refractivity contribution in [3.8, 4) is 5.75 Å². The lowest BCUT2D eigenvalue weighted by molar-refractivity contribution is 0.0486. The summed E-state index contributed by atoms with van der Waals surface area (Å²) in [4.78, 5) is 14.4. The van der Waals surface area contributed by atoms with Gasteiger partial charge in [0.1, 0.15) is 12.4 Å². The average molecular weight is 298 g/mol. The van der Waals surface area contributed by atoms with Crippen LogP contribution >= 0.6 is 0 Å². The van der Waals surface area contributed by atoms with Crippen molar-refractivity contribution in [2.75, 3.05) is 27.2 Å². The van der Waals surface area contributed by atoms with E-state index >= 15 is 0 Å². The second kappa shape index (κ2) is 5.69. The Balaban J connectivity index is 2.08. The molecule has 0 aliphatic heterocycles. The Hall–Kier alpha value is -2.53. The number of likely N-dealkylation sites (N-methyl/N-ethyl adjacent to an activating group) is 1. The number of nitrogens with zero attached hydrogens (tertiary/aromatic N) is 2. The monoisotopic (exact) mass is 298 g/mol. The van der Waals surface area contributed by atoms with Crippen molar-refractivity contribution in [3.05, 3.63) is 48.2 Å². The molecule has 5 nitrogen and oxygen atoms in total. The molecule has 0 unspecified atom stereocenters. The third kappa shape index (κ3) is 2.51. The first-order valence-corrected chi connectivity index (χ1v) is 7.11.